The van der Waals surface area contributed by atoms with Crippen LogP contribution in [0.5, 0.6) is 0 Å². The molecule has 108 valence electrons. The summed E-state index contributed by atoms with van der Waals surface area (Å²) in [6.07, 6.45) is 6.70. The van der Waals surface area contributed by atoms with Crippen LogP contribution in [0.2, 0.25) is 0 Å². The Morgan fingerprint density at radius 3 is 2.95 bits per heavy atom. The predicted molar refractivity (Wildman–Crippen MR) is 85.1 cm³/mol. The maximum atomic E-state index is 4.46. The first kappa shape index (κ1) is 13.8. The molecule has 2 aromatic heterocycles. The molecule has 0 fully saturated rings. The summed E-state index contributed by atoms with van der Waals surface area (Å²) in [5.41, 5.74) is 3.41. The van der Waals surface area contributed by atoms with E-state index in [4.69, 9.17) is 0 Å². The van der Waals surface area contributed by atoms with Crippen molar-refractivity contribution >= 4 is 10.9 Å². The van der Waals surface area contributed by atoms with E-state index in [0.29, 0.717) is 0 Å². The van der Waals surface area contributed by atoms with Crippen LogP contribution in [0.4, 0.5) is 0 Å². The molecule has 4 heteroatoms. The van der Waals surface area contributed by atoms with Crippen LogP contribution in [0.15, 0.2) is 49.1 Å². The summed E-state index contributed by atoms with van der Waals surface area (Å²) >= 11 is 0. The van der Waals surface area contributed by atoms with E-state index in [1.54, 1.807) is 0 Å². The van der Waals surface area contributed by atoms with E-state index in [-0.39, 0.29) is 6.04 Å². The highest BCUT2D eigenvalue weighted by Gasteiger charge is 2.16. The second-order valence-electron chi connectivity index (χ2n) is 5.27. The number of benzene rings is 1. The molecule has 1 aromatic carbocycles. The number of rotatable bonds is 5. The molecule has 2 heterocycles. The summed E-state index contributed by atoms with van der Waals surface area (Å²) in [5, 5.41) is 4.77. The maximum absolute atomic E-state index is 4.46. The zero-order chi connectivity index (χ0) is 14.7. The van der Waals surface area contributed by atoms with Gasteiger partial charge in [-0.05, 0) is 30.7 Å². The van der Waals surface area contributed by atoms with Crippen molar-refractivity contribution in [1.29, 1.82) is 0 Å². The first-order valence-corrected chi connectivity index (χ1v) is 7.34. The van der Waals surface area contributed by atoms with Gasteiger partial charge in [-0.1, -0.05) is 25.1 Å². The number of hydrogen-bond donors (Lipinski definition) is 1. The molecule has 21 heavy (non-hydrogen) atoms. The summed E-state index contributed by atoms with van der Waals surface area (Å²) in [5.74, 6) is 0. The largest absolute Gasteiger partial charge is 0.336 e. The lowest BCUT2D eigenvalue weighted by atomic mass is 10.0. The number of hydrogen-bond acceptors (Lipinski definition) is 3. The van der Waals surface area contributed by atoms with Crippen LogP contribution in [-0.4, -0.2) is 21.1 Å². The molecular formula is C17H20N4. The summed E-state index contributed by atoms with van der Waals surface area (Å²) in [6, 6.07) is 10.7. The number of nitrogens with one attached hydrogen (secondary N) is 1. The molecule has 1 atom stereocenters. The minimum absolute atomic E-state index is 0.142. The average Bonchev–Trinajstić information content (AvgIpc) is 2.94. The molecule has 0 aliphatic heterocycles. The van der Waals surface area contributed by atoms with E-state index in [9.17, 15) is 0 Å². The van der Waals surface area contributed by atoms with Crippen LogP contribution in [0.3, 0.4) is 0 Å². The van der Waals surface area contributed by atoms with Gasteiger partial charge in [0.25, 0.3) is 0 Å². The normalized spacial score (nSPS) is 12.7. The van der Waals surface area contributed by atoms with Gasteiger partial charge in [0.2, 0.25) is 0 Å². The third-order valence-electron chi connectivity index (χ3n) is 3.71. The fraction of sp³-hybridized carbons (Fsp3) is 0.294. The molecule has 3 rings (SSSR count). The Bertz CT molecular complexity index is 732. The predicted octanol–water partition coefficient (Wildman–Crippen LogP) is 3.06. The van der Waals surface area contributed by atoms with Gasteiger partial charge in [0.15, 0.2) is 0 Å². The molecule has 0 aliphatic rings. The Kier molecular flexibility index (Phi) is 3.97. The monoisotopic (exact) mass is 280 g/mol. The van der Waals surface area contributed by atoms with Crippen LogP contribution < -0.4 is 5.32 Å². The highest BCUT2D eigenvalue weighted by Crippen LogP contribution is 2.24. The standard InChI is InChI=1S/C17H20N4/c1-3-8-20-17(16-11-18-12-21(16)2)14-7-6-13-5-4-9-19-15(13)10-14/h4-7,9-12,17,20H,3,8H2,1-2H3. The number of nitrogens with zero attached hydrogens (tertiary/aromatic N) is 3. The smallest absolute Gasteiger partial charge is 0.0946 e. The van der Waals surface area contributed by atoms with E-state index < -0.39 is 0 Å². The van der Waals surface area contributed by atoms with E-state index in [0.717, 1.165) is 18.5 Å². The van der Waals surface area contributed by atoms with Gasteiger partial charge in [0, 0.05) is 18.6 Å². The Morgan fingerprint density at radius 2 is 2.19 bits per heavy atom. The first-order chi connectivity index (χ1) is 10.3. The lowest BCUT2D eigenvalue weighted by Crippen LogP contribution is -2.25. The van der Waals surface area contributed by atoms with Crippen LogP contribution in [0.1, 0.15) is 30.6 Å². The Labute approximate surface area is 124 Å². The van der Waals surface area contributed by atoms with Crippen LogP contribution in [0, 0.1) is 0 Å². The molecule has 1 unspecified atom stereocenters. The van der Waals surface area contributed by atoms with E-state index >= 15 is 0 Å². The quantitative estimate of drug-likeness (QED) is 0.781. The zero-order valence-electron chi connectivity index (χ0n) is 12.5. The van der Waals surface area contributed by atoms with Crippen molar-refractivity contribution in [2.45, 2.75) is 19.4 Å². The summed E-state index contributed by atoms with van der Waals surface area (Å²) in [7, 11) is 2.03. The van der Waals surface area contributed by atoms with Crippen LogP contribution >= 0.6 is 0 Å². The van der Waals surface area contributed by atoms with Crippen LogP contribution in [0.25, 0.3) is 10.9 Å². The fourth-order valence-corrected chi connectivity index (χ4v) is 2.59. The highest BCUT2D eigenvalue weighted by atomic mass is 15.1. The second kappa shape index (κ2) is 6.06. The Balaban J connectivity index is 2.03. The van der Waals surface area contributed by atoms with Gasteiger partial charge in [-0.3, -0.25) is 4.98 Å². The minimum Gasteiger partial charge on any atom is -0.336 e. The third kappa shape index (κ3) is 2.81. The molecule has 3 aromatic rings. The van der Waals surface area contributed by atoms with Crippen molar-refractivity contribution in [1.82, 2.24) is 19.9 Å². The fourth-order valence-electron chi connectivity index (χ4n) is 2.59. The summed E-state index contributed by atoms with van der Waals surface area (Å²) in [6.45, 7) is 3.14. The molecule has 4 nitrogen and oxygen atoms in total. The Hall–Kier alpha value is -2.20. The topological polar surface area (TPSA) is 42.7 Å². The molecule has 0 radical (unpaired) electrons. The highest BCUT2D eigenvalue weighted by molar-refractivity contribution is 5.79. The summed E-state index contributed by atoms with van der Waals surface area (Å²) < 4.78 is 2.07. The van der Waals surface area contributed by atoms with Gasteiger partial charge in [-0.2, -0.15) is 0 Å². The van der Waals surface area contributed by atoms with Gasteiger partial charge < -0.3 is 9.88 Å². The lowest BCUT2D eigenvalue weighted by molar-refractivity contribution is 0.570. The molecule has 1 N–H and O–H groups in total. The molecule has 0 saturated heterocycles. The molecule has 0 aliphatic carbocycles. The van der Waals surface area contributed by atoms with Gasteiger partial charge in [-0.15, -0.1) is 0 Å². The second-order valence-corrected chi connectivity index (χ2v) is 5.27. The molecule has 0 spiro atoms. The van der Waals surface area contributed by atoms with Crippen LogP contribution in [-0.2, 0) is 7.05 Å². The number of aromatic nitrogens is 3. The van der Waals surface area contributed by atoms with Crippen molar-refractivity contribution in [3.8, 4) is 0 Å². The molecule has 0 bridgehead atoms. The van der Waals surface area contributed by atoms with Gasteiger partial charge in [0.1, 0.15) is 0 Å². The number of fused-ring (bicyclic) bond motifs is 1. The number of imidazole rings is 1. The van der Waals surface area contributed by atoms with Crippen molar-refractivity contribution in [2.24, 2.45) is 7.05 Å². The number of aryl methyl sites for hydroxylation is 1. The maximum Gasteiger partial charge on any atom is 0.0946 e. The molecular weight excluding hydrogens is 260 g/mol. The van der Waals surface area contributed by atoms with Crippen molar-refractivity contribution in [3.05, 3.63) is 60.3 Å². The molecule has 0 amide bonds. The van der Waals surface area contributed by atoms with Gasteiger partial charge in [0.05, 0.1) is 29.8 Å². The van der Waals surface area contributed by atoms with E-state index in [1.165, 1.54) is 16.6 Å². The van der Waals surface area contributed by atoms with E-state index in [1.807, 2.05) is 31.8 Å². The SMILES string of the molecule is CCCNC(c1ccc2cccnc2c1)c1cncn1C. The third-order valence-corrected chi connectivity index (χ3v) is 3.71. The van der Waals surface area contributed by atoms with Crippen molar-refractivity contribution in [3.63, 3.8) is 0 Å². The zero-order valence-corrected chi connectivity index (χ0v) is 12.5. The van der Waals surface area contributed by atoms with Gasteiger partial charge >= 0.3 is 0 Å². The summed E-state index contributed by atoms with van der Waals surface area (Å²) in [4.78, 5) is 8.70. The van der Waals surface area contributed by atoms with Gasteiger partial charge in [-0.25, -0.2) is 4.98 Å². The first-order valence-electron chi connectivity index (χ1n) is 7.34. The Morgan fingerprint density at radius 1 is 1.29 bits per heavy atom. The lowest BCUT2D eigenvalue weighted by Gasteiger charge is -2.20. The van der Waals surface area contributed by atoms with Crippen molar-refractivity contribution < 1.29 is 0 Å². The number of pyridine rings is 1. The van der Waals surface area contributed by atoms with Crippen molar-refractivity contribution in [2.75, 3.05) is 6.54 Å². The minimum atomic E-state index is 0.142. The average molecular weight is 280 g/mol. The van der Waals surface area contributed by atoms with E-state index in [2.05, 4.69) is 51.0 Å². The molecule has 0 saturated carbocycles.